The van der Waals surface area contributed by atoms with E-state index in [0.717, 1.165) is 19.0 Å². The molecule has 0 spiro atoms. The van der Waals surface area contributed by atoms with Gasteiger partial charge >= 0.3 is 6.01 Å². The molecule has 1 aromatic heterocycles. The zero-order valence-electron chi connectivity index (χ0n) is 12.3. The van der Waals surface area contributed by atoms with Gasteiger partial charge in [0.25, 0.3) is 0 Å². The van der Waals surface area contributed by atoms with Gasteiger partial charge in [-0.1, -0.05) is 0 Å². The van der Waals surface area contributed by atoms with Gasteiger partial charge in [-0.15, -0.1) is 0 Å². The smallest absolute Gasteiger partial charge is 0.323 e. The second-order valence-corrected chi connectivity index (χ2v) is 5.72. The van der Waals surface area contributed by atoms with Crippen molar-refractivity contribution >= 4 is 11.9 Å². The van der Waals surface area contributed by atoms with Gasteiger partial charge in [-0.05, 0) is 50.9 Å². The predicted octanol–water partition coefficient (Wildman–Crippen LogP) is 2.30. The van der Waals surface area contributed by atoms with Crippen LogP contribution in [0.1, 0.15) is 39.5 Å². The van der Waals surface area contributed by atoms with E-state index in [0.29, 0.717) is 29.9 Å². The average molecular weight is 277 g/mol. The summed E-state index contributed by atoms with van der Waals surface area (Å²) in [5.74, 6) is 2.12. The van der Waals surface area contributed by atoms with E-state index in [1.54, 1.807) is 0 Å². The molecule has 0 atom stereocenters. The van der Waals surface area contributed by atoms with Crippen LogP contribution in [-0.4, -0.2) is 34.6 Å². The molecule has 2 aliphatic rings. The van der Waals surface area contributed by atoms with Crippen molar-refractivity contribution in [1.29, 1.82) is 0 Å². The first kappa shape index (κ1) is 13.4. The number of hydrogen-bond donors (Lipinski definition) is 2. The summed E-state index contributed by atoms with van der Waals surface area (Å²) >= 11 is 0. The van der Waals surface area contributed by atoms with Crippen LogP contribution in [0.5, 0.6) is 6.01 Å². The second kappa shape index (κ2) is 5.42. The molecule has 6 heteroatoms. The fourth-order valence-corrected chi connectivity index (χ4v) is 2.71. The molecule has 0 aliphatic heterocycles. The minimum atomic E-state index is 0.386. The van der Waals surface area contributed by atoms with Gasteiger partial charge in [0.05, 0.1) is 6.61 Å². The molecule has 6 nitrogen and oxygen atoms in total. The van der Waals surface area contributed by atoms with Gasteiger partial charge in [0, 0.05) is 13.1 Å². The Morgan fingerprint density at radius 3 is 2.35 bits per heavy atom. The van der Waals surface area contributed by atoms with E-state index in [-0.39, 0.29) is 0 Å². The van der Waals surface area contributed by atoms with Crippen molar-refractivity contribution in [1.82, 2.24) is 15.0 Å². The number of aromatic nitrogens is 3. The molecule has 2 fully saturated rings. The number of rotatable bonds is 8. The summed E-state index contributed by atoms with van der Waals surface area (Å²) < 4.78 is 5.40. The van der Waals surface area contributed by atoms with Gasteiger partial charge in [0.15, 0.2) is 0 Å². The molecule has 1 heterocycles. The lowest BCUT2D eigenvalue weighted by atomic mass is 10.0. The van der Waals surface area contributed by atoms with Crippen LogP contribution in [-0.2, 0) is 0 Å². The Morgan fingerprint density at radius 1 is 1.10 bits per heavy atom. The maximum atomic E-state index is 5.40. The molecule has 2 aliphatic carbocycles. The van der Waals surface area contributed by atoms with Crippen molar-refractivity contribution in [3.63, 3.8) is 0 Å². The molecule has 0 radical (unpaired) electrons. The molecule has 0 amide bonds. The van der Waals surface area contributed by atoms with Crippen molar-refractivity contribution in [3.8, 4) is 6.01 Å². The third-order valence-corrected chi connectivity index (χ3v) is 4.16. The molecule has 0 aromatic carbocycles. The summed E-state index contributed by atoms with van der Waals surface area (Å²) in [4.78, 5) is 12.9. The van der Waals surface area contributed by atoms with Crippen LogP contribution >= 0.6 is 0 Å². The summed E-state index contributed by atoms with van der Waals surface area (Å²) in [6.07, 6.45) is 5.47. The zero-order chi connectivity index (χ0) is 14.0. The second-order valence-electron chi connectivity index (χ2n) is 5.72. The van der Waals surface area contributed by atoms with Gasteiger partial charge in [0.1, 0.15) is 0 Å². The Balaban J connectivity index is 1.67. The quantitative estimate of drug-likeness (QED) is 0.759. The van der Waals surface area contributed by atoms with Crippen molar-refractivity contribution in [2.24, 2.45) is 11.3 Å². The van der Waals surface area contributed by atoms with Crippen LogP contribution in [0.15, 0.2) is 0 Å². The summed E-state index contributed by atoms with van der Waals surface area (Å²) in [5, 5.41) is 6.50. The van der Waals surface area contributed by atoms with Gasteiger partial charge in [-0.25, -0.2) is 0 Å². The highest BCUT2D eigenvalue weighted by Crippen LogP contribution is 2.61. The van der Waals surface area contributed by atoms with Crippen molar-refractivity contribution in [2.75, 3.05) is 30.3 Å². The number of nitrogens with zero attached hydrogens (tertiary/aromatic N) is 3. The standard InChI is InChI=1S/C14H23N5O/c1-3-15-11-17-12(19-13(18-11)20-4-2)16-9-14(7-8-14)10-5-6-10/h10H,3-9H2,1-2H3,(H2,15,16,17,18,19). The van der Waals surface area contributed by atoms with E-state index in [1.807, 2.05) is 13.8 Å². The fraction of sp³-hybridized carbons (Fsp3) is 0.786. The van der Waals surface area contributed by atoms with Crippen molar-refractivity contribution in [3.05, 3.63) is 0 Å². The van der Waals surface area contributed by atoms with Gasteiger partial charge in [-0.3, -0.25) is 0 Å². The third kappa shape index (κ3) is 2.94. The highest BCUT2D eigenvalue weighted by Gasteiger charge is 2.53. The predicted molar refractivity (Wildman–Crippen MR) is 78.0 cm³/mol. The van der Waals surface area contributed by atoms with E-state index in [2.05, 4.69) is 25.6 Å². The number of anilines is 2. The Kier molecular flexibility index (Phi) is 3.63. The normalized spacial score (nSPS) is 19.5. The lowest BCUT2D eigenvalue weighted by Gasteiger charge is -2.15. The molecular weight excluding hydrogens is 254 g/mol. The largest absolute Gasteiger partial charge is 0.464 e. The van der Waals surface area contributed by atoms with Gasteiger partial charge in [0.2, 0.25) is 11.9 Å². The van der Waals surface area contributed by atoms with E-state index in [9.17, 15) is 0 Å². The third-order valence-electron chi connectivity index (χ3n) is 4.16. The molecule has 2 N–H and O–H groups in total. The van der Waals surface area contributed by atoms with Crippen molar-refractivity contribution < 1.29 is 4.74 Å². The highest BCUT2D eigenvalue weighted by molar-refractivity contribution is 5.36. The zero-order valence-corrected chi connectivity index (χ0v) is 12.3. The lowest BCUT2D eigenvalue weighted by molar-refractivity contribution is 0.312. The molecule has 0 saturated heterocycles. The number of nitrogens with one attached hydrogen (secondary N) is 2. The molecule has 3 rings (SSSR count). The minimum absolute atomic E-state index is 0.386. The first-order valence-electron chi connectivity index (χ1n) is 7.62. The molecule has 0 bridgehead atoms. The SMILES string of the molecule is CCNc1nc(NCC2(C3CC3)CC2)nc(OCC)n1. The highest BCUT2D eigenvalue weighted by atomic mass is 16.5. The topological polar surface area (TPSA) is 72.0 Å². The number of ether oxygens (including phenoxy) is 1. The first-order chi connectivity index (χ1) is 9.75. The monoisotopic (exact) mass is 277 g/mol. The maximum Gasteiger partial charge on any atom is 0.323 e. The Hall–Kier alpha value is -1.59. The Labute approximate surface area is 119 Å². The van der Waals surface area contributed by atoms with E-state index in [4.69, 9.17) is 4.74 Å². The Morgan fingerprint density at radius 2 is 1.80 bits per heavy atom. The fourth-order valence-electron chi connectivity index (χ4n) is 2.71. The van der Waals surface area contributed by atoms with Crippen LogP contribution in [0.4, 0.5) is 11.9 Å². The molecule has 0 unspecified atom stereocenters. The van der Waals surface area contributed by atoms with Crippen molar-refractivity contribution in [2.45, 2.75) is 39.5 Å². The maximum absolute atomic E-state index is 5.40. The van der Waals surface area contributed by atoms with Crippen LogP contribution < -0.4 is 15.4 Å². The van der Waals surface area contributed by atoms with Crippen LogP contribution in [0.3, 0.4) is 0 Å². The molecule has 20 heavy (non-hydrogen) atoms. The summed E-state index contributed by atoms with van der Waals surface area (Å²) in [6, 6.07) is 0.386. The van der Waals surface area contributed by atoms with E-state index in [1.165, 1.54) is 25.7 Å². The summed E-state index contributed by atoms with van der Waals surface area (Å²) in [7, 11) is 0. The van der Waals surface area contributed by atoms with Gasteiger partial charge < -0.3 is 15.4 Å². The van der Waals surface area contributed by atoms with Crippen LogP contribution in [0, 0.1) is 11.3 Å². The summed E-state index contributed by atoms with van der Waals surface area (Å²) in [6.45, 7) is 6.25. The van der Waals surface area contributed by atoms with E-state index >= 15 is 0 Å². The van der Waals surface area contributed by atoms with E-state index < -0.39 is 0 Å². The van der Waals surface area contributed by atoms with Crippen LogP contribution in [0.2, 0.25) is 0 Å². The first-order valence-corrected chi connectivity index (χ1v) is 7.62. The Bertz CT molecular complexity index is 446. The minimum Gasteiger partial charge on any atom is -0.464 e. The lowest BCUT2D eigenvalue weighted by Crippen LogP contribution is -2.19. The molecular formula is C14H23N5O. The molecule has 1 aromatic rings. The average Bonchev–Trinajstić information content (AvgIpc) is 3.29. The van der Waals surface area contributed by atoms with Crippen LogP contribution in [0.25, 0.3) is 0 Å². The molecule has 2 saturated carbocycles. The number of hydrogen-bond acceptors (Lipinski definition) is 6. The van der Waals surface area contributed by atoms with Gasteiger partial charge in [-0.2, -0.15) is 15.0 Å². The summed E-state index contributed by atoms with van der Waals surface area (Å²) in [5.41, 5.74) is 0.525. The molecule has 110 valence electrons.